The third kappa shape index (κ3) is 25.4. The lowest BCUT2D eigenvalue weighted by Crippen LogP contribution is -2.36. The average Bonchev–Trinajstić information content (AvgIpc) is 2.95. The third-order valence-electron chi connectivity index (χ3n) is 5.48. The fraction of sp³-hybridized carbons (Fsp3) is 0.769. The highest BCUT2D eigenvalue weighted by molar-refractivity contribution is 5.76. The molecule has 236 valence electrons. The standard InChI is InChI=1S/C26H48N6O9/c1-26(17-39-14-5-23(36)30-11-2-8-27-20-33,18-40-15-6-24(37)31-12-3-9-28-21-34)19-41-16-7-25(38)32-13-4-10-29-22-35/h20-22H,2-19H2,1H3,(H,27,33)(H,28,34)(H,29,35)(H,30,36)(H,31,37)(H,32,38). The highest BCUT2D eigenvalue weighted by Crippen LogP contribution is 2.19. The van der Waals surface area contributed by atoms with Crippen LogP contribution in [0.4, 0.5) is 0 Å². The molecule has 0 fully saturated rings. The second kappa shape index (κ2) is 26.9. The average molecular weight is 589 g/mol. The van der Waals surface area contributed by atoms with Crippen LogP contribution in [-0.4, -0.2) is 116 Å². The summed E-state index contributed by atoms with van der Waals surface area (Å²) in [6, 6.07) is 0. The number of nitrogens with one attached hydrogen (secondary N) is 6. The Labute approximate surface area is 241 Å². The first kappa shape index (κ1) is 37.7. The summed E-state index contributed by atoms with van der Waals surface area (Å²) < 4.78 is 17.2. The predicted molar refractivity (Wildman–Crippen MR) is 149 cm³/mol. The van der Waals surface area contributed by atoms with Gasteiger partial charge in [-0.1, -0.05) is 6.92 Å². The monoisotopic (exact) mass is 588 g/mol. The number of carbonyl (C=O) groups is 6. The summed E-state index contributed by atoms with van der Waals surface area (Å²) in [5.41, 5.74) is -0.592. The predicted octanol–water partition coefficient (Wildman–Crippen LogP) is -2.03. The number of rotatable bonds is 30. The Balaban J connectivity index is 4.45. The SMILES string of the molecule is CC(COCCC(=O)NCCCNC=O)(COCCC(=O)NCCCNC=O)COCCC(=O)NCCCNC=O. The minimum Gasteiger partial charge on any atom is -0.380 e. The van der Waals surface area contributed by atoms with Gasteiger partial charge >= 0.3 is 0 Å². The van der Waals surface area contributed by atoms with E-state index in [0.29, 0.717) is 77.8 Å². The lowest BCUT2D eigenvalue weighted by Gasteiger charge is -2.29. The molecule has 0 unspecified atom stereocenters. The van der Waals surface area contributed by atoms with Gasteiger partial charge in [0.2, 0.25) is 37.0 Å². The molecule has 0 spiro atoms. The fourth-order valence-electron chi connectivity index (χ4n) is 3.27. The smallest absolute Gasteiger partial charge is 0.222 e. The van der Waals surface area contributed by atoms with Crippen LogP contribution in [0.25, 0.3) is 0 Å². The fourth-order valence-corrected chi connectivity index (χ4v) is 3.27. The molecule has 0 aliphatic rings. The van der Waals surface area contributed by atoms with E-state index < -0.39 is 5.41 Å². The van der Waals surface area contributed by atoms with E-state index in [4.69, 9.17) is 14.2 Å². The molecule has 0 rings (SSSR count). The number of carbonyl (C=O) groups excluding carboxylic acids is 6. The van der Waals surface area contributed by atoms with Crippen LogP contribution in [0.5, 0.6) is 0 Å². The van der Waals surface area contributed by atoms with E-state index in [1.165, 1.54) is 0 Å². The van der Waals surface area contributed by atoms with Crippen molar-refractivity contribution in [3.8, 4) is 0 Å². The normalized spacial score (nSPS) is 10.8. The van der Waals surface area contributed by atoms with E-state index in [0.717, 1.165) is 0 Å². The van der Waals surface area contributed by atoms with Gasteiger partial charge in [-0.15, -0.1) is 0 Å². The van der Waals surface area contributed by atoms with Crippen molar-refractivity contribution in [2.75, 3.05) is 78.9 Å². The van der Waals surface area contributed by atoms with Gasteiger partial charge in [0, 0.05) is 63.9 Å². The Morgan fingerprint density at radius 3 is 1.10 bits per heavy atom. The first-order valence-electron chi connectivity index (χ1n) is 13.9. The maximum absolute atomic E-state index is 12.0. The molecular weight excluding hydrogens is 540 g/mol. The number of hydrogen-bond acceptors (Lipinski definition) is 9. The molecular formula is C26H48N6O9. The second-order valence-corrected chi connectivity index (χ2v) is 9.54. The molecule has 0 aromatic rings. The first-order valence-corrected chi connectivity index (χ1v) is 13.9. The summed E-state index contributed by atoms with van der Waals surface area (Å²) in [6.07, 6.45) is 4.23. The molecule has 0 aromatic carbocycles. The summed E-state index contributed by atoms with van der Waals surface area (Å²) >= 11 is 0. The Hall–Kier alpha value is -3.30. The Morgan fingerprint density at radius 1 is 0.537 bits per heavy atom. The van der Waals surface area contributed by atoms with Gasteiger partial charge < -0.3 is 46.1 Å². The Kier molecular flexibility index (Phi) is 24.7. The molecule has 0 heterocycles. The summed E-state index contributed by atoms with van der Waals surface area (Å²) in [7, 11) is 0. The van der Waals surface area contributed by atoms with Crippen LogP contribution < -0.4 is 31.9 Å². The molecule has 0 radical (unpaired) electrons. The quantitative estimate of drug-likeness (QED) is 0.0404. The molecule has 0 bridgehead atoms. The van der Waals surface area contributed by atoms with Crippen LogP contribution in [-0.2, 0) is 43.0 Å². The zero-order valence-electron chi connectivity index (χ0n) is 24.1. The summed E-state index contributed by atoms with van der Waals surface area (Å²) in [5, 5.41) is 15.8. The van der Waals surface area contributed by atoms with Crippen molar-refractivity contribution in [1.82, 2.24) is 31.9 Å². The molecule has 15 nitrogen and oxygen atoms in total. The highest BCUT2D eigenvalue weighted by Gasteiger charge is 2.26. The highest BCUT2D eigenvalue weighted by atomic mass is 16.5. The lowest BCUT2D eigenvalue weighted by molar-refractivity contribution is -0.123. The lowest BCUT2D eigenvalue weighted by atomic mass is 9.94. The van der Waals surface area contributed by atoms with Crippen molar-refractivity contribution >= 4 is 37.0 Å². The Morgan fingerprint density at radius 2 is 0.829 bits per heavy atom. The summed E-state index contributed by atoms with van der Waals surface area (Å²) in [4.78, 5) is 66.6. The van der Waals surface area contributed by atoms with Gasteiger partial charge in [0.1, 0.15) is 0 Å². The van der Waals surface area contributed by atoms with E-state index in [1.807, 2.05) is 6.92 Å². The van der Waals surface area contributed by atoms with E-state index in [-0.39, 0.29) is 76.6 Å². The molecule has 6 amide bonds. The first-order chi connectivity index (χ1) is 19.9. The van der Waals surface area contributed by atoms with Gasteiger partial charge in [-0.25, -0.2) is 0 Å². The van der Waals surface area contributed by atoms with Crippen LogP contribution in [0.1, 0.15) is 45.4 Å². The van der Waals surface area contributed by atoms with Crippen molar-refractivity contribution < 1.29 is 43.0 Å². The molecule has 0 saturated heterocycles. The summed E-state index contributed by atoms with van der Waals surface area (Å²) in [5.74, 6) is -0.483. The topological polar surface area (TPSA) is 202 Å². The Bertz CT molecular complexity index is 649. The molecule has 0 aromatic heterocycles. The zero-order chi connectivity index (χ0) is 30.4. The molecule has 15 heteroatoms. The maximum atomic E-state index is 12.0. The van der Waals surface area contributed by atoms with Gasteiger partial charge in [-0.3, -0.25) is 28.8 Å². The molecule has 0 aliphatic heterocycles. The van der Waals surface area contributed by atoms with Crippen molar-refractivity contribution in [2.24, 2.45) is 5.41 Å². The molecule has 0 aliphatic carbocycles. The number of ether oxygens (including phenoxy) is 3. The van der Waals surface area contributed by atoms with Crippen molar-refractivity contribution in [2.45, 2.75) is 45.4 Å². The van der Waals surface area contributed by atoms with Crippen LogP contribution in [0, 0.1) is 5.41 Å². The second-order valence-electron chi connectivity index (χ2n) is 9.54. The van der Waals surface area contributed by atoms with Gasteiger partial charge in [0.25, 0.3) is 0 Å². The zero-order valence-corrected chi connectivity index (χ0v) is 24.1. The van der Waals surface area contributed by atoms with E-state index in [2.05, 4.69) is 31.9 Å². The van der Waals surface area contributed by atoms with Crippen molar-refractivity contribution in [1.29, 1.82) is 0 Å². The number of amides is 6. The van der Waals surface area contributed by atoms with Gasteiger partial charge in [0.05, 0.1) is 39.6 Å². The molecule has 0 saturated carbocycles. The van der Waals surface area contributed by atoms with Gasteiger partial charge in [-0.2, -0.15) is 0 Å². The van der Waals surface area contributed by atoms with E-state index in [9.17, 15) is 28.8 Å². The van der Waals surface area contributed by atoms with Crippen molar-refractivity contribution in [3.63, 3.8) is 0 Å². The van der Waals surface area contributed by atoms with Crippen LogP contribution in [0.15, 0.2) is 0 Å². The largest absolute Gasteiger partial charge is 0.380 e. The van der Waals surface area contributed by atoms with Crippen LogP contribution >= 0.6 is 0 Å². The summed E-state index contributed by atoms with van der Waals surface area (Å²) in [6.45, 7) is 5.97. The number of hydrogen-bond donors (Lipinski definition) is 6. The van der Waals surface area contributed by atoms with E-state index >= 15 is 0 Å². The minimum absolute atomic E-state index is 0.161. The van der Waals surface area contributed by atoms with Gasteiger partial charge in [0.15, 0.2) is 0 Å². The van der Waals surface area contributed by atoms with E-state index in [1.54, 1.807) is 0 Å². The maximum Gasteiger partial charge on any atom is 0.222 e. The van der Waals surface area contributed by atoms with Crippen molar-refractivity contribution in [3.05, 3.63) is 0 Å². The minimum atomic E-state index is -0.592. The van der Waals surface area contributed by atoms with Gasteiger partial charge in [-0.05, 0) is 19.3 Å². The molecule has 0 atom stereocenters. The third-order valence-corrected chi connectivity index (χ3v) is 5.48. The molecule has 6 N–H and O–H groups in total. The van der Waals surface area contributed by atoms with Crippen LogP contribution in [0.2, 0.25) is 0 Å². The van der Waals surface area contributed by atoms with Crippen LogP contribution in [0.3, 0.4) is 0 Å². The molecule has 41 heavy (non-hydrogen) atoms.